The third-order valence-electron chi connectivity index (χ3n) is 12.8. The van der Waals surface area contributed by atoms with Crippen LogP contribution in [0.1, 0.15) is 239 Å². The van der Waals surface area contributed by atoms with Crippen molar-refractivity contribution < 1.29 is 32.9 Å². The van der Waals surface area contributed by atoms with Gasteiger partial charge >= 0.3 is 0 Å². The number of hydrogen-bond donors (Lipinski definition) is 2. The predicted octanol–water partition coefficient (Wildman–Crippen LogP) is 17.7. The maximum absolute atomic E-state index is 13.0. The van der Waals surface area contributed by atoms with E-state index in [-0.39, 0.29) is 19.1 Å². The van der Waals surface area contributed by atoms with Gasteiger partial charge in [0.15, 0.2) is 0 Å². The Morgan fingerprint density at radius 3 is 1.22 bits per heavy atom. The quantitative estimate of drug-likeness (QED) is 0.0272. The topological polar surface area (TPSA) is 108 Å². The summed E-state index contributed by atoms with van der Waals surface area (Å²) in [6.07, 6.45) is 78.4. The molecule has 0 radical (unpaired) electrons. The molecule has 0 aromatic carbocycles. The average Bonchev–Trinajstić information content (AvgIpc) is 3.35. The average molecular weight is 1040 g/mol. The summed E-state index contributed by atoms with van der Waals surface area (Å²) in [6.45, 7) is 4.60. The van der Waals surface area contributed by atoms with E-state index in [4.69, 9.17) is 9.05 Å². The van der Waals surface area contributed by atoms with Gasteiger partial charge in [0.25, 0.3) is 7.82 Å². The highest BCUT2D eigenvalue weighted by molar-refractivity contribution is 7.45. The lowest BCUT2D eigenvalue weighted by Crippen LogP contribution is -2.46. The van der Waals surface area contributed by atoms with Crippen molar-refractivity contribution in [3.8, 4) is 0 Å². The molecule has 0 saturated heterocycles. The van der Waals surface area contributed by atoms with E-state index in [9.17, 15) is 19.4 Å². The summed E-state index contributed by atoms with van der Waals surface area (Å²) in [7, 11) is 1.29. The summed E-state index contributed by atoms with van der Waals surface area (Å²) in [4.78, 5) is 25.5. The smallest absolute Gasteiger partial charge is 0.268 e. The summed E-state index contributed by atoms with van der Waals surface area (Å²) < 4.78 is 23.4. The molecular weight excluding hydrogens is 924 g/mol. The Bertz CT molecular complexity index is 1550. The molecule has 0 aromatic heterocycles. The van der Waals surface area contributed by atoms with Crippen molar-refractivity contribution in [3.05, 3.63) is 109 Å². The lowest BCUT2D eigenvalue weighted by atomic mass is 10.0. The Morgan fingerprint density at radius 1 is 0.493 bits per heavy atom. The number of phosphoric acid groups is 1. The number of likely N-dealkylation sites (N-methyl/N-ethyl adjacent to an activating group) is 1. The van der Waals surface area contributed by atoms with E-state index in [0.29, 0.717) is 23.9 Å². The van der Waals surface area contributed by atoms with Gasteiger partial charge in [-0.3, -0.25) is 9.36 Å². The molecule has 0 aromatic rings. The van der Waals surface area contributed by atoms with Crippen molar-refractivity contribution in [1.82, 2.24) is 5.32 Å². The molecule has 3 atom stereocenters. The molecule has 1 amide bonds. The van der Waals surface area contributed by atoms with Gasteiger partial charge < -0.3 is 28.8 Å². The zero-order chi connectivity index (χ0) is 53.5. The third kappa shape index (κ3) is 56.7. The van der Waals surface area contributed by atoms with Gasteiger partial charge in [-0.1, -0.05) is 258 Å². The second-order valence-electron chi connectivity index (χ2n) is 21.0. The van der Waals surface area contributed by atoms with Gasteiger partial charge in [-0.15, -0.1) is 0 Å². The van der Waals surface area contributed by atoms with Crippen LogP contribution in [0, 0.1) is 0 Å². The molecule has 8 nitrogen and oxygen atoms in total. The number of amides is 1. The number of quaternary nitrogens is 1. The molecule has 2 N–H and O–H groups in total. The van der Waals surface area contributed by atoms with Crippen LogP contribution in [0.25, 0.3) is 0 Å². The summed E-state index contributed by atoms with van der Waals surface area (Å²) >= 11 is 0. The highest BCUT2D eigenvalue weighted by Crippen LogP contribution is 2.38. The first kappa shape index (κ1) is 70.2. The standard InChI is InChI=1S/C64H113N2O6P/c1-6-8-10-12-14-16-18-20-22-23-24-25-26-27-28-29-30-31-32-33-34-35-36-37-38-39-40-41-42-43-44-46-48-50-52-54-56-58-64(68)65-62(61-72-73(69,70)71-60-59-66(3,4)5)63(67)57-55-53-51-49-47-45-21-19-17-15-13-11-9-7-2/h8,10,14,16,20,22,24-25,27-28,30-31,33-34,36-37,39-40,62-63,67H,6-7,9,11-13,15,17-19,21,23,26,29,32,35,38,41-61H2,1-5H3,(H-,65,68,69,70)/b10-8-,16-14-,22-20-,25-24-,28-27-,31-30-,34-33-,37-36-,40-39-. The fourth-order valence-corrected chi connectivity index (χ4v) is 8.87. The van der Waals surface area contributed by atoms with Gasteiger partial charge in [0.05, 0.1) is 39.9 Å². The van der Waals surface area contributed by atoms with Crippen LogP contribution in [0.3, 0.4) is 0 Å². The van der Waals surface area contributed by atoms with Crippen molar-refractivity contribution in [3.63, 3.8) is 0 Å². The number of unbranched alkanes of at least 4 members (excludes halogenated alkanes) is 22. The van der Waals surface area contributed by atoms with Crippen molar-refractivity contribution in [1.29, 1.82) is 0 Å². The first-order valence-electron chi connectivity index (χ1n) is 29.7. The van der Waals surface area contributed by atoms with Crippen molar-refractivity contribution in [2.75, 3.05) is 40.9 Å². The minimum Gasteiger partial charge on any atom is -0.756 e. The fraction of sp³-hybridized carbons (Fsp3) is 0.703. The molecular formula is C64H113N2O6P. The number of carbonyl (C=O) groups excluding carboxylic acids is 1. The molecule has 420 valence electrons. The Morgan fingerprint density at radius 2 is 0.836 bits per heavy atom. The number of allylic oxidation sites excluding steroid dienone is 18. The number of hydrogen-bond acceptors (Lipinski definition) is 6. The van der Waals surface area contributed by atoms with Crippen LogP contribution in [0.5, 0.6) is 0 Å². The highest BCUT2D eigenvalue weighted by Gasteiger charge is 2.24. The highest BCUT2D eigenvalue weighted by atomic mass is 31.2. The summed E-state index contributed by atoms with van der Waals surface area (Å²) in [5, 5.41) is 14.0. The molecule has 3 unspecified atom stereocenters. The van der Waals surface area contributed by atoms with E-state index in [1.54, 1.807) is 0 Å². The first-order valence-corrected chi connectivity index (χ1v) is 31.2. The minimum atomic E-state index is -4.58. The zero-order valence-electron chi connectivity index (χ0n) is 47.8. The van der Waals surface area contributed by atoms with Crippen molar-refractivity contribution in [2.45, 2.75) is 251 Å². The molecule has 0 rings (SSSR count). The Kier molecular flexibility index (Phi) is 51.9. The number of nitrogens with zero attached hydrogens (tertiary/aromatic N) is 1. The van der Waals surface area contributed by atoms with Gasteiger partial charge in [-0.05, 0) is 83.5 Å². The summed E-state index contributed by atoms with van der Waals surface area (Å²) in [5.74, 6) is -0.175. The van der Waals surface area contributed by atoms with Gasteiger partial charge in [-0.2, -0.15) is 0 Å². The number of aliphatic hydroxyl groups excluding tert-OH is 1. The lowest BCUT2D eigenvalue weighted by Gasteiger charge is -2.30. The monoisotopic (exact) mass is 1040 g/mol. The van der Waals surface area contributed by atoms with E-state index in [0.717, 1.165) is 103 Å². The van der Waals surface area contributed by atoms with Crippen LogP contribution in [0.15, 0.2) is 109 Å². The normalized spacial score (nSPS) is 14.7. The second-order valence-corrected chi connectivity index (χ2v) is 22.4. The van der Waals surface area contributed by atoms with E-state index >= 15 is 0 Å². The summed E-state index contributed by atoms with van der Waals surface area (Å²) in [5.41, 5.74) is 0. The third-order valence-corrected chi connectivity index (χ3v) is 13.7. The number of phosphoric ester groups is 1. The Hall–Kier alpha value is -2.84. The molecule has 73 heavy (non-hydrogen) atoms. The van der Waals surface area contributed by atoms with Crippen LogP contribution in [0.2, 0.25) is 0 Å². The number of aliphatic hydroxyl groups is 1. The number of rotatable bonds is 53. The fourth-order valence-electron chi connectivity index (χ4n) is 8.15. The Labute approximate surface area is 451 Å². The maximum Gasteiger partial charge on any atom is 0.268 e. The number of carbonyl (C=O) groups is 1. The molecule has 0 bridgehead atoms. The van der Waals surface area contributed by atoms with Crippen LogP contribution < -0.4 is 10.2 Å². The second kappa shape index (κ2) is 54.0. The van der Waals surface area contributed by atoms with E-state index < -0.39 is 20.0 Å². The molecule has 0 aliphatic heterocycles. The van der Waals surface area contributed by atoms with E-state index in [1.807, 2.05) is 21.1 Å². The minimum absolute atomic E-state index is 0.00627. The Balaban J connectivity index is 4.11. The van der Waals surface area contributed by atoms with Gasteiger partial charge in [0, 0.05) is 6.42 Å². The molecule has 0 heterocycles. The molecule has 0 aliphatic carbocycles. The molecule has 0 saturated carbocycles. The van der Waals surface area contributed by atoms with Crippen LogP contribution in [0.4, 0.5) is 0 Å². The largest absolute Gasteiger partial charge is 0.756 e. The van der Waals surface area contributed by atoms with Gasteiger partial charge in [0.1, 0.15) is 13.2 Å². The predicted molar refractivity (Wildman–Crippen MR) is 316 cm³/mol. The van der Waals surface area contributed by atoms with E-state index in [1.165, 1.54) is 109 Å². The summed E-state index contributed by atoms with van der Waals surface area (Å²) in [6, 6.07) is -0.810. The molecule has 0 fully saturated rings. The van der Waals surface area contributed by atoms with Crippen molar-refractivity contribution in [2.24, 2.45) is 0 Å². The van der Waals surface area contributed by atoms with Crippen LogP contribution >= 0.6 is 7.82 Å². The first-order chi connectivity index (χ1) is 35.5. The molecule has 0 spiro atoms. The maximum atomic E-state index is 13.0. The SMILES string of the molecule is CC/C=C\C/C=C\C/C=C\C/C=C\C/C=C\C/C=C\C/C=C\C/C=C\C/C=C\CCCCCCCCCCCC(=O)NC(COP(=O)([O-])OCC[N+](C)(C)C)C(O)CCCCCCCCCCCCCCCC. The van der Waals surface area contributed by atoms with E-state index in [2.05, 4.69) is 129 Å². The zero-order valence-corrected chi connectivity index (χ0v) is 48.7. The molecule has 9 heteroatoms. The van der Waals surface area contributed by atoms with Gasteiger partial charge in [-0.25, -0.2) is 0 Å². The lowest BCUT2D eigenvalue weighted by molar-refractivity contribution is -0.870. The van der Waals surface area contributed by atoms with Crippen LogP contribution in [-0.2, 0) is 18.4 Å². The van der Waals surface area contributed by atoms with Gasteiger partial charge in [0.2, 0.25) is 5.91 Å². The van der Waals surface area contributed by atoms with Crippen LogP contribution in [-0.4, -0.2) is 68.5 Å². The number of nitrogens with one attached hydrogen (secondary N) is 1. The molecule has 0 aliphatic rings. The van der Waals surface area contributed by atoms with Crippen molar-refractivity contribution >= 4 is 13.7 Å².